The zero-order valence-corrected chi connectivity index (χ0v) is 12.1. The Labute approximate surface area is 127 Å². The molecule has 3 aromatic rings. The van der Waals surface area contributed by atoms with Crippen LogP contribution in [0.5, 0.6) is 0 Å². The molecule has 0 atom stereocenters. The number of halogens is 1. The lowest BCUT2D eigenvalue weighted by Crippen LogP contribution is -2.00. The molecule has 1 heterocycles. The van der Waals surface area contributed by atoms with E-state index in [2.05, 4.69) is 0 Å². The molecule has 0 saturated heterocycles. The summed E-state index contributed by atoms with van der Waals surface area (Å²) in [6, 6.07) is 14.6. The summed E-state index contributed by atoms with van der Waals surface area (Å²) >= 11 is 5.93. The van der Waals surface area contributed by atoms with E-state index in [4.69, 9.17) is 21.8 Å². The molecule has 0 saturated carbocycles. The highest BCUT2D eigenvalue weighted by molar-refractivity contribution is 6.31. The van der Waals surface area contributed by atoms with Crippen LogP contribution in [0, 0.1) is 0 Å². The van der Waals surface area contributed by atoms with Gasteiger partial charge in [-0.3, -0.25) is 4.79 Å². The number of fused-ring (bicyclic) bond motifs is 1. The minimum absolute atomic E-state index is 0.0234. The summed E-state index contributed by atoms with van der Waals surface area (Å²) in [5.74, 6) is 0.348. The van der Waals surface area contributed by atoms with Crippen LogP contribution in [0.1, 0.15) is 22.5 Å². The van der Waals surface area contributed by atoms with Crippen molar-refractivity contribution in [2.24, 2.45) is 0 Å². The van der Waals surface area contributed by atoms with Gasteiger partial charge in [-0.05, 0) is 48.4 Å². The van der Waals surface area contributed by atoms with E-state index < -0.39 is 0 Å². The van der Waals surface area contributed by atoms with Crippen molar-refractivity contribution in [1.82, 2.24) is 0 Å². The Morgan fingerprint density at radius 1 is 1.14 bits per heavy atom. The number of hydrogen-bond acceptors (Lipinski definition) is 3. The average molecular weight is 300 g/mol. The summed E-state index contributed by atoms with van der Waals surface area (Å²) in [7, 11) is 0. The molecule has 4 heteroatoms. The Bertz CT molecular complexity index is 807. The fourth-order valence-electron chi connectivity index (χ4n) is 2.28. The number of hydrogen-bond donors (Lipinski definition) is 1. The second kappa shape index (κ2) is 5.62. The summed E-state index contributed by atoms with van der Waals surface area (Å²) in [4.78, 5) is 12.2. The number of rotatable bonds is 4. The summed E-state index contributed by atoms with van der Waals surface area (Å²) in [5, 5.41) is 1.47. The second-order valence-electron chi connectivity index (χ2n) is 4.96. The molecular formula is C17H14ClNO2. The number of carbonyl (C=O) groups is 1. The first kappa shape index (κ1) is 13.7. The SMILES string of the molecule is Nc1cccc(CCC(=O)c2cc3cc(Cl)ccc3o2)c1. The number of nitrogen functional groups attached to an aromatic ring is 1. The minimum Gasteiger partial charge on any atom is -0.453 e. The van der Waals surface area contributed by atoms with Crippen LogP contribution < -0.4 is 5.73 Å². The maximum atomic E-state index is 12.2. The molecule has 21 heavy (non-hydrogen) atoms. The molecule has 0 fully saturated rings. The summed E-state index contributed by atoms with van der Waals surface area (Å²) in [6.45, 7) is 0. The number of carbonyl (C=O) groups excluding carboxylic acids is 1. The van der Waals surface area contributed by atoms with E-state index in [0.717, 1.165) is 10.9 Å². The van der Waals surface area contributed by atoms with Gasteiger partial charge in [0.2, 0.25) is 0 Å². The lowest BCUT2D eigenvalue weighted by molar-refractivity contribution is 0.0958. The summed E-state index contributed by atoms with van der Waals surface area (Å²) in [5.41, 5.74) is 8.15. The Morgan fingerprint density at radius 3 is 2.81 bits per heavy atom. The molecular weight excluding hydrogens is 286 g/mol. The zero-order valence-electron chi connectivity index (χ0n) is 11.3. The van der Waals surface area contributed by atoms with Gasteiger partial charge >= 0.3 is 0 Å². The van der Waals surface area contributed by atoms with E-state index in [1.807, 2.05) is 24.3 Å². The van der Waals surface area contributed by atoms with E-state index in [1.54, 1.807) is 24.3 Å². The van der Waals surface area contributed by atoms with E-state index in [0.29, 0.717) is 34.9 Å². The number of anilines is 1. The molecule has 0 aliphatic rings. The van der Waals surface area contributed by atoms with Gasteiger partial charge in [-0.2, -0.15) is 0 Å². The van der Waals surface area contributed by atoms with Gasteiger partial charge in [0.1, 0.15) is 5.58 Å². The van der Waals surface area contributed by atoms with Crippen LogP contribution in [-0.2, 0) is 6.42 Å². The molecule has 1 aromatic heterocycles. The fourth-order valence-corrected chi connectivity index (χ4v) is 2.46. The van der Waals surface area contributed by atoms with Gasteiger partial charge in [0, 0.05) is 22.5 Å². The van der Waals surface area contributed by atoms with Crippen molar-refractivity contribution in [1.29, 1.82) is 0 Å². The highest BCUT2D eigenvalue weighted by atomic mass is 35.5. The summed E-state index contributed by atoms with van der Waals surface area (Å²) in [6.07, 6.45) is 1.03. The highest BCUT2D eigenvalue weighted by Crippen LogP contribution is 2.24. The van der Waals surface area contributed by atoms with Gasteiger partial charge in [0.15, 0.2) is 11.5 Å². The molecule has 0 aliphatic carbocycles. The molecule has 0 unspecified atom stereocenters. The second-order valence-corrected chi connectivity index (χ2v) is 5.40. The van der Waals surface area contributed by atoms with Crippen molar-refractivity contribution < 1.29 is 9.21 Å². The first-order valence-corrected chi connectivity index (χ1v) is 7.06. The lowest BCUT2D eigenvalue weighted by Gasteiger charge is -2.01. The maximum Gasteiger partial charge on any atom is 0.198 e. The Kier molecular flexibility index (Phi) is 3.67. The first-order valence-electron chi connectivity index (χ1n) is 6.68. The standard InChI is InChI=1S/C17H14ClNO2/c18-13-5-7-16-12(9-13)10-17(21-16)15(20)6-4-11-2-1-3-14(19)8-11/h1-3,5,7-10H,4,6,19H2. The van der Waals surface area contributed by atoms with Crippen molar-refractivity contribution >= 4 is 34.0 Å². The van der Waals surface area contributed by atoms with Crippen LogP contribution in [0.2, 0.25) is 5.02 Å². The molecule has 3 rings (SSSR count). The highest BCUT2D eigenvalue weighted by Gasteiger charge is 2.12. The van der Waals surface area contributed by atoms with Gasteiger partial charge in [0.25, 0.3) is 0 Å². The Morgan fingerprint density at radius 2 is 2.00 bits per heavy atom. The molecule has 0 amide bonds. The summed E-state index contributed by atoms with van der Waals surface area (Å²) < 4.78 is 5.56. The molecule has 0 bridgehead atoms. The van der Waals surface area contributed by atoms with E-state index in [1.165, 1.54) is 0 Å². The van der Waals surface area contributed by atoms with Gasteiger partial charge in [-0.25, -0.2) is 0 Å². The van der Waals surface area contributed by atoms with Crippen LogP contribution in [0.25, 0.3) is 11.0 Å². The van der Waals surface area contributed by atoms with Crippen molar-refractivity contribution in [3.05, 3.63) is 64.9 Å². The monoisotopic (exact) mass is 299 g/mol. The van der Waals surface area contributed by atoms with Gasteiger partial charge < -0.3 is 10.2 Å². The predicted molar refractivity (Wildman–Crippen MR) is 84.7 cm³/mol. The Hall–Kier alpha value is -2.26. The number of Topliss-reactive ketones (excluding diaryl/α,β-unsaturated/α-hetero) is 1. The third kappa shape index (κ3) is 3.09. The molecule has 3 nitrogen and oxygen atoms in total. The first-order chi connectivity index (χ1) is 10.1. The van der Waals surface area contributed by atoms with Gasteiger partial charge in [-0.15, -0.1) is 0 Å². The molecule has 0 radical (unpaired) electrons. The van der Waals surface area contributed by atoms with Crippen molar-refractivity contribution in [3.63, 3.8) is 0 Å². The molecule has 0 aliphatic heterocycles. The van der Waals surface area contributed by atoms with Crippen molar-refractivity contribution in [2.45, 2.75) is 12.8 Å². The number of furan rings is 1. The quantitative estimate of drug-likeness (QED) is 0.570. The van der Waals surface area contributed by atoms with Crippen molar-refractivity contribution in [3.8, 4) is 0 Å². The topological polar surface area (TPSA) is 56.2 Å². The number of benzene rings is 2. The number of ketones is 1. The van der Waals surface area contributed by atoms with Crippen LogP contribution in [0.4, 0.5) is 5.69 Å². The van der Waals surface area contributed by atoms with E-state index >= 15 is 0 Å². The normalized spacial score (nSPS) is 10.9. The van der Waals surface area contributed by atoms with Crippen LogP contribution in [-0.4, -0.2) is 5.78 Å². The molecule has 2 N–H and O–H groups in total. The van der Waals surface area contributed by atoms with Gasteiger partial charge in [-0.1, -0.05) is 23.7 Å². The van der Waals surface area contributed by atoms with Gasteiger partial charge in [0.05, 0.1) is 0 Å². The minimum atomic E-state index is -0.0234. The maximum absolute atomic E-state index is 12.2. The Balaban J connectivity index is 1.74. The predicted octanol–water partition coefficient (Wildman–Crippen LogP) is 4.48. The van der Waals surface area contributed by atoms with Crippen LogP contribution in [0.3, 0.4) is 0 Å². The average Bonchev–Trinajstić information content (AvgIpc) is 2.88. The van der Waals surface area contributed by atoms with E-state index in [-0.39, 0.29) is 5.78 Å². The largest absolute Gasteiger partial charge is 0.453 e. The number of nitrogens with two attached hydrogens (primary N) is 1. The molecule has 2 aromatic carbocycles. The van der Waals surface area contributed by atoms with Crippen molar-refractivity contribution in [2.75, 3.05) is 5.73 Å². The number of aryl methyl sites for hydroxylation is 1. The third-order valence-corrected chi connectivity index (χ3v) is 3.58. The van der Waals surface area contributed by atoms with E-state index in [9.17, 15) is 4.79 Å². The fraction of sp³-hybridized carbons (Fsp3) is 0.118. The zero-order chi connectivity index (χ0) is 14.8. The smallest absolute Gasteiger partial charge is 0.198 e. The lowest BCUT2D eigenvalue weighted by atomic mass is 10.1. The van der Waals surface area contributed by atoms with Crippen LogP contribution >= 0.6 is 11.6 Å². The molecule has 106 valence electrons. The van der Waals surface area contributed by atoms with Crippen LogP contribution in [0.15, 0.2) is 52.9 Å². The molecule has 0 spiro atoms. The third-order valence-electron chi connectivity index (χ3n) is 3.34.